The summed E-state index contributed by atoms with van der Waals surface area (Å²) in [5.74, 6) is -0.930. The highest BCUT2D eigenvalue weighted by molar-refractivity contribution is 7.88. The number of carbonyl (C=O) groups excluding carboxylic acids is 1. The molecule has 1 N–H and O–H groups in total. The lowest BCUT2D eigenvalue weighted by atomic mass is 10.0. The van der Waals surface area contributed by atoms with Crippen LogP contribution >= 0.6 is 0 Å². The molecule has 7 heteroatoms. The van der Waals surface area contributed by atoms with Gasteiger partial charge < -0.3 is 14.6 Å². The molecule has 0 bridgehead atoms. The van der Waals surface area contributed by atoms with Gasteiger partial charge in [-0.2, -0.15) is 0 Å². The number of aliphatic carboxylic acids is 1. The summed E-state index contributed by atoms with van der Waals surface area (Å²) in [6.07, 6.45) is -0.456. The maximum absolute atomic E-state index is 12.4. The highest BCUT2D eigenvalue weighted by atomic mass is 32.2. The van der Waals surface area contributed by atoms with E-state index in [1.54, 1.807) is 54.6 Å². The van der Waals surface area contributed by atoms with Crippen LogP contribution in [0.5, 0.6) is 5.75 Å². The number of rotatable bonds is 9. The van der Waals surface area contributed by atoms with Crippen LogP contribution in [0.3, 0.4) is 0 Å². The Morgan fingerprint density at radius 3 is 2.32 bits per heavy atom. The summed E-state index contributed by atoms with van der Waals surface area (Å²) in [4.78, 5) is 11.0. The van der Waals surface area contributed by atoms with E-state index < -0.39 is 28.5 Å². The molecule has 0 saturated carbocycles. The van der Waals surface area contributed by atoms with Crippen molar-refractivity contribution >= 4 is 16.0 Å². The molecule has 134 valence electrons. The van der Waals surface area contributed by atoms with Crippen LogP contribution in [-0.2, 0) is 20.6 Å². The van der Waals surface area contributed by atoms with E-state index in [9.17, 15) is 18.3 Å². The Kier molecular flexibility index (Phi) is 6.55. The minimum atomic E-state index is -3.72. The summed E-state index contributed by atoms with van der Waals surface area (Å²) in [6.45, 7) is 2.36. The van der Waals surface area contributed by atoms with Crippen molar-refractivity contribution in [2.24, 2.45) is 0 Å². The fourth-order valence-corrected chi connectivity index (χ4v) is 3.78. The Bertz CT molecular complexity index is 788. The van der Waals surface area contributed by atoms with Gasteiger partial charge in [-0.05, 0) is 30.2 Å². The number of carboxylic acid groups (broad SMARTS) is 1. The molecule has 0 radical (unpaired) electrons. The van der Waals surface area contributed by atoms with Crippen molar-refractivity contribution in [3.05, 3.63) is 65.7 Å². The van der Waals surface area contributed by atoms with Crippen molar-refractivity contribution < 1.29 is 23.1 Å². The number of hydrogen-bond donors (Lipinski definition) is 1. The summed E-state index contributed by atoms with van der Waals surface area (Å²) >= 11 is 0. The van der Waals surface area contributed by atoms with Crippen LogP contribution in [0.15, 0.2) is 54.6 Å². The predicted molar refractivity (Wildman–Crippen MR) is 92.2 cm³/mol. The molecule has 0 spiro atoms. The molecule has 25 heavy (non-hydrogen) atoms. The van der Waals surface area contributed by atoms with Crippen LogP contribution in [0, 0.1) is 0 Å². The minimum Gasteiger partial charge on any atom is -0.550 e. The molecule has 2 aromatic rings. The van der Waals surface area contributed by atoms with Crippen LogP contribution in [0.25, 0.3) is 0 Å². The van der Waals surface area contributed by atoms with Gasteiger partial charge in [0.1, 0.15) is 5.75 Å². The fraction of sp³-hybridized carbons (Fsp3) is 0.278. The molecule has 0 amide bonds. The molecule has 0 aliphatic carbocycles. The van der Waals surface area contributed by atoms with Crippen molar-refractivity contribution in [2.45, 2.75) is 25.1 Å². The zero-order valence-electron chi connectivity index (χ0n) is 13.8. The maximum Gasteiger partial charge on any atom is 0.216 e. The average molecular weight is 362 g/mol. The van der Waals surface area contributed by atoms with E-state index in [4.69, 9.17) is 4.74 Å². The molecule has 0 saturated heterocycles. The number of ether oxygens (including phenoxy) is 1. The summed E-state index contributed by atoms with van der Waals surface area (Å²) in [5, 5.41) is 11.0. The molecule has 0 aromatic heterocycles. The van der Waals surface area contributed by atoms with E-state index in [-0.39, 0.29) is 5.75 Å². The first-order chi connectivity index (χ1) is 11.9. The molecular weight excluding hydrogens is 342 g/mol. The van der Waals surface area contributed by atoms with Crippen molar-refractivity contribution in [2.75, 3.05) is 6.61 Å². The standard InChI is InChI=1S/C18H21NO5S/c1-2-24-16-10-8-15(9-11-16)17(12-18(20)21)19-25(22,23)13-14-6-4-3-5-7-14/h3-11,17,19H,2,12-13H2,1H3,(H,20,21)/p-1. The van der Waals surface area contributed by atoms with Gasteiger partial charge in [0.15, 0.2) is 0 Å². The first-order valence-corrected chi connectivity index (χ1v) is 9.51. The van der Waals surface area contributed by atoms with Crippen LogP contribution in [-0.4, -0.2) is 21.0 Å². The van der Waals surface area contributed by atoms with Gasteiger partial charge in [0.2, 0.25) is 10.0 Å². The Balaban J connectivity index is 2.17. The zero-order valence-corrected chi connectivity index (χ0v) is 14.7. The van der Waals surface area contributed by atoms with E-state index in [0.717, 1.165) is 0 Å². The number of hydrogen-bond acceptors (Lipinski definition) is 5. The summed E-state index contributed by atoms with van der Waals surface area (Å²) < 4.78 is 32.6. The van der Waals surface area contributed by atoms with Crippen LogP contribution in [0.2, 0.25) is 0 Å². The molecule has 1 atom stereocenters. The fourth-order valence-electron chi connectivity index (χ4n) is 2.41. The van der Waals surface area contributed by atoms with Crippen LogP contribution in [0.1, 0.15) is 30.5 Å². The second kappa shape index (κ2) is 8.64. The number of carbonyl (C=O) groups is 1. The number of sulfonamides is 1. The Hall–Kier alpha value is -2.38. The average Bonchev–Trinajstić information content (AvgIpc) is 2.55. The number of benzene rings is 2. The van der Waals surface area contributed by atoms with Gasteiger partial charge in [0.25, 0.3) is 0 Å². The zero-order chi connectivity index (χ0) is 18.3. The van der Waals surface area contributed by atoms with Crippen LogP contribution in [0.4, 0.5) is 0 Å². The summed E-state index contributed by atoms with van der Waals surface area (Å²) in [7, 11) is -3.72. The predicted octanol–water partition coefficient (Wildman–Crippen LogP) is 1.39. The molecule has 2 rings (SSSR count). The van der Waals surface area contributed by atoms with Gasteiger partial charge in [-0.25, -0.2) is 13.1 Å². The van der Waals surface area contributed by atoms with E-state index in [2.05, 4.69) is 4.72 Å². The monoisotopic (exact) mass is 362 g/mol. The topological polar surface area (TPSA) is 95.5 Å². The van der Waals surface area contributed by atoms with Crippen molar-refractivity contribution in [1.29, 1.82) is 0 Å². The molecule has 0 fully saturated rings. The van der Waals surface area contributed by atoms with Gasteiger partial charge in [-0.3, -0.25) is 0 Å². The molecule has 0 aliphatic heterocycles. The second-order valence-electron chi connectivity index (χ2n) is 5.49. The Labute approximate surface area is 147 Å². The highest BCUT2D eigenvalue weighted by Crippen LogP contribution is 2.22. The van der Waals surface area contributed by atoms with E-state index in [1.165, 1.54) is 0 Å². The lowest BCUT2D eigenvalue weighted by molar-refractivity contribution is -0.306. The second-order valence-corrected chi connectivity index (χ2v) is 7.25. The smallest absolute Gasteiger partial charge is 0.216 e. The van der Waals surface area contributed by atoms with Gasteiger partial charge in [0, 0.05) is 12.4 Å². The number of carboxylic acids is 1. The SMILES string of the molecule is CCOc1ccc(C(CC(=O)[O-])NS(=O)(=O)Cc2ccccc2)cc1. The van der Waals surface area contributed by atoms with Crippen molar-refractivity contribution in [3.63, 3.8) is 0 Å². The quantitative estimate of drug-likeness (QED) is 0.727. The largest absolute Gasteiger partial charge is 0.550 e. The first kappa shape index (κ1) is 19.0. The van der Waals surface area contributed by atoms with Gasteiger partial charge >= 0.3 is 0 Å². The lowest BCUT2D eigenvalue weighted by Crippen LogP contribution is -2.34. The van der Waals surface area contributed by atoms with Gasteiger partial charge in [-0.1, -0.05) is 42.5 Å². The molecule has 0 aliphatic rings. The molecular formula is C18H20NO5S-. The highest BCUT2D eigenvalue weighted by Gasteiger charge is 2.20. The van der Waals surface area contributed by atoms with Crippen LogP contribution < -0.4 is 14.6 Å². The maximum atomic E-state index is 12.4. The Morgan fingerprint density at radius 2 is 1.76 bits per heavy atom. The third kappa shape index (κ3) is 6.21. The van der Waals surface area contributed by atoms with Gasteiger partial charge in [-0.15, -0.1) is 0 Å². The first-order valence-electron chi connectivity index (χ1n) is 7.86. The lowest BCUT2D eigenvalue weighted by Gasteiger charge is -2.20. The third-order valence-corrected chi connectivity index (χ3v) is 4.84. The van der Waals surface area contributed by atoms with E-state index >= 15 is 0 Å². The minimum absolute atomic E-state index is 0.228. The summed E-state index contributed by atoms with van der Waals surface area (Å²) in [6, 6.07) is 14.4. The Morgan fingerprint density at radius 1 is 1.12 bits per heavy atom. The van der Waals surface area contributed by atoms with Crippen molar-refractivity contribution in [3.8, 4) is 5.75 Å². The normalized spacial score (nSPS) is 12.5. The molecule has 2 aromatic carbocycles. The molecule has 6 nitrogen and oxygen atoms in total. The van der Waals surface area contributed by atoms with E-state index in [0.29, 0.717) is 23.5 Å². The van der Waals surface area contributed by atoms with E-state index in [1.807, 2.05) is 6.92 Å². The summed E-state index contributed by atoms with van der Waals surface area (Å²) in [5.41, 5.74) is 1.15. The third-order valence-electron chi connectivity index (χ3n) is 3.49. The van der Waals surface area contributed by atoms with Gasteiger partial charge in [0.05, 0.1) is 18.4 Å². The molecule has 1 unspecified atom stereocenters. The molecule has 0 heterocycles. The number of nitrogens with one attached hydrogen (secondary N) is 1. The van der Waals surface area contributed by atoms with Crippen molar-refractivity contribution in [1.82, 2.24) is 4.72 Å².